The van der Waals surface area contributed by atoms with Gasteiger partial charge in [-0.3, -0.25) is 0 Å². The maximum atomic E-state index is 12.4. The van der Waals surface area contributed by atoms with Gasteiger partial charge in [-0.05, 0) is 6.92 Å². The largest absolute Gasteiger partial charge is 0.465 e. The van der Waals surface area contributed by atoms with Gasteiger partial charge in [0.1, 0.15) is 0 Å². The Balaban J connectivity index is 2.02. The summed E-state index contributed by atoms with van der Waals surface area (Å²) in [5.74, 6) is -2.00. The quantitative estimate of drug-likeness (QED) is 0.752. The fourth-order valence-corrected chi connectivity index (χ4v) is 2.31. The van der Waals surface area contributed by atoms with E-state index in [1.165, 1.54) is 11.8 Å². The van der Waals surface area contributed by atoms with Gasteiger partial charge >= 0.3 is 6.09 Å². The summed E-state index contributed by atoms with van der Waals surface area (Å²) in [7, 11) is 0. The Bertz CT molecular complexity index is 225. The average Bonchev–Trinajstić information content (AvgIpc) is 2.57. The van der Waals surface area contributed by atoms with E-state index in [0.717, 1.165) is 0 Å². The van der Waals surface area contributed by atoms with Crippen molar-refractivity contribution < 1.29 is 18.7 Å². The van der Waals surface area contributed by atoms with Gasteiger partial charge in [0.2, 0.25) is 0 Å². The first-order chi connectivity index (χ1) is 6.42. The topological polar surface area (TPSA) is 49.3 Å². The molecular weight excluding hydrogens is 212 g/mol. The van der Waals surface area contributed by atoms with Crippen LogP contribution >= 0.6 is 11.8 Å². The molecule has 0 aliphatic heterocycles. The van der Waals surface area contributed by atoms with Gasteiger partial charge in [0.25, 0.3) is 5.92 Å². The molecule has 1 rings (SSSR count). The molecule has 2 N–H and O–H groups in total. The van der Waals surface area contributed by atoms with Gasteiger partial charge in [-0.2, -0.15) is 11.8 Å². The van der Waals surface area contributed by atoms with Crippen molar-refractivity contribution >= 4 is 17.9 Å². The van der Waals surface area contributed by atoms with Crippen molar-refractivity contribution in [3.05, 3.63) is 0 Å². The van der Waals surface area contributed by atoms with E-state index in [1.807, 2.05) is 0 Å². The molecule has 82 valence electrons. The zero-order valence-electron chi connectivity index (χ0n) is 7.80. The molecule has 0 radical (unpaired) electrons. The third-order valence-electron chi connectivity index (χ3n) is 2.01. The van der Waals surface area contributed by atoms with E-state index in [4.69, 9.17) is 5.11 Å². The van der Waals surface area contributed by atoms with E-state index in [9.17, 15) is 13.6 Å². The van der Waals surface area contributed by atoms with Crippen molar-refractivity contribution in [2.45, 2.75) is 25.3 Å². The molecule has 2 atom stereocenters. The molecule has 1 aliphatic carbocycles. The predicted octanol–water partition coefficient (Wildman–Crippen LogP) is 2.03. The minimum absolute atomic E-state index is 0.0132. The lowest BCUT2D eigenvalue weighted by atomic mass is 10.4. The molecule has 1 aliphatic rings. The molecule has 6 heteroatoms. The van der Waals surface area contributed by atoms with Gasteiger partial charge in [-0.25, -0.2) is 13.6 Å². The molecule has 3 nitrogen and oxygen atoms in total. The second-order valence-electron chi connectivity index (χ2n) is 3.55. The summed E-state index contributed by atoms with van der Waals surface area (Å²) in [6.45, 7) is 1.71. The first-order valence-electron chi connectivity index (χ1n) is 4.37. The van der Waals surface area contributed by atoms with E-state index >= 15 is 0 Å². The van der Waals surface area contributed by atoms with Crippen LogP contribution in [0.3, 0.4) is 0 Å². The van der Waals surface area contributed by atoms with E-state index in [1.54, 1.807) is 6.92 Å². The standard InChI is InChI=1S/C8H13F2NO2S/c1-5(11-7(12)13)3-14-4-6-2-8(6,9)10/h5-6,11H,2-4H2,1H3,(H,12,13)/t5-,6?/m1/s1. The molecule has 1 amide bonds. The zero-order valence-corrected chi connectivity index (χ0v) is 8.61. The van der Waals surface area contributed by atoms with E-state index in [-0.39, 0.29) is 12.5 Å². The van der Waals surface area contributed by atoms with Crippen LogP contribution in [0.5, 0.6) is 0 Å². The number of halogens is 2. The van der Waals surface area contributed by atoms with Gasteiger partial charge in [0.15, 0.2) is 0 Å². The van der Waals surface area contributed by atoms with Gasteiger partial charge in [0.05, 0.1) is 0 Å². The number of amides is 1. The number of carboxylic acid groups (broad SMARTS) is 1. The van der Waals surface area contributed by atoms with Crippen LogP contribution in [0, 0.1) is 5.92 Å². The Labute approximate surface area is 85.2 Å². The van der Waals surface area contributed by atoms with E-state index in [0.29, 0.717) is 11.5 Å². The molecule has 1 fully saturated rings. The van der Waals surface area contributed by atoms with Crippen molar-refractivity contribution in [2.75, 3.05) is 11.5 Å². The molecular formula is C8H13F2NO2S. The summed E-state index contributed by atoms with van der Waals surface area (Å²) in [6, 6.07) is -0.190. The Morgan fingerprint density at radius 1 is 1.79 bits per heavy atom. The van der Waals surface area contributed by atoms with Gasteiger partial charge < -0.3 is 10.4 Å². The Hall–Kier alpha value is -0.520. The zero-order chi connectivity index (χ0) is 10.8. The lowest BCUT2D eigenvalue weighted by molar-refractivity contribution is 0.103. The fraction of sp³-hybridized carbons (Fsp3) is 0.875. The maximum absolute atomic E-state index is 12.4. The van der Waals surface area contributed by atoms with Crippen LogP contribution in [0.4, 0.5) is 13.6 Å². The Morgan fingerprint density at radius 2 is 2.36 bits per heavy atom. The molecule has 0 spiro atoms. The van der Waals surface area contributed by atoms with Crippen molar-refractivity contribution in [1.82, 2.24) is 5.32 Å². The molecule has 1 unspecified atom stereocenters. The maximum Gasteiger partial charge on any atom is 0.404 e. The average molecular weight is 225 g/mol. The lowest BCUT2D eigenvalue weighted by Gasteiger charge is -2.10. The van der Waals surface area contributed by atoms with Crippen molar-refractivity contribution in [2.24, 2.45) is 5.92 Å². The first-order valence-corrected chi connectivity index (χ1v) is 5.52. The van der Waals surface area contributed by atoms with Crippen LogP contribution in [-0.2, 0) is 0 Å². The van der Waals surface area contributed by atoms with Crippen molar-refractivity contribution in [3.8, 4) is 0 Å². The van der Waals surface area contributed by atoms with Crippen molar-refractivity contribution in [1.29, 1.82) is 0 Å². The predicted molar refractivity (Wildman–Crippen MR) is 51.0 cm³/mol. The minimum atomic E-state index is -2.46. The smallest absolute Gasteiger partial charge is 0.404 e. The Morgan fingerprint density at radius 3 is 2.79 bits per heavy atom. The highest BCUT2D eigenvalue weighted by Crippen LogP contribution is 2.50. The number of hydrogen-bond donors (Lipinski definition) is 2. The highest BCUT2D eigenvalue weighted by molar-refractivity contribution is 7.99. The lowest BCUT2D eigenvalue weighted by Crippen LogP contribution is -2.32. The molecule has 0 heterocycles. The number of alkyl halides is 2. The van der Waals surface area contributed by atoms with E-state index in [2.05, 4.69) is 5.32 Å². The third kappa shape index (κ3) is 3.69. The minimum Gasteiger partial charge on any atom is -0.465 e. The van der Waals surface area contributed by atoms with Gasteiger partial charge in [-0.15, -0.1) is 0 Å². The van der Waals surface area contributed by atoms with E-state index < -0.39 is 17.9 Å². The van der Waals surface area contributed by atoms with Crippen LogP contribution in [0.1, 0.15) is 13.3 Å². The summed E-state index contributed by atoms with van der Waals surface area (Å²) in [6.07, 6.45) is -1.09. The number of thioether (sulfide) groups is 1. The Kier molecular flexibility index (Phi) is 3.58. The third-order valence-corrected chi connectivity index (χ3v) is 3.39. The fourth-order valence-electron chi connectivity index (χ4n) is 1.09. The SMILES string of the molecule is C[C@H](CSCC1CC1(F)F)NC(=O)O. The number of nitrogens with one attached hydrogen (secondary N) is 1. The molecule has 0 bridgehead atoms. The monoisotopic (exact) mass is 225 g/mol. The molecule has 0 aromatic rings. The van der Waals surface area contributed by atoms with Crippen LogP contribution in [0.25, 0.3) is 0 Å². The first kappa shape index (κ1) is 11.6. The van der Waals surface area contributed by atoms with Crippen LogP contribution in [0.2, 0.25) is 0 Å². The molecule has 14 heavy (non-hydrogen) atoms. The van der Waals surface area contributed by atoms with Gasteiger partial charge in [0, 0.05) is 29.9 Å². The number of hydrogen-bond acceptors (Lipinski definition) is 2. The second-order valence-corrected chi connectivity index (χ2v) is 4.62. The molecule has 1 saturated carbocycles. The molecule has 0 aromatic heterocycles. The highest BCUT2D eigenvalue weighted by atomic mass is 32.2. The number of carbonyl (C=O) groups is 1. The number of rotatable bonds is 5. The second kappa shape index (κ2) is 4.33. The summed E-state index contributed by atoms with van der Waals surface area (Å²) >= 11 is 1.37. The van der Waals surface area contributed by atoms with Crippen LogP contribution in [-0.4, -0.2) is 34.7 Å². The van der Waals surface area contributed by atoms with Crippen LogP contribution < -0.4 is 5.32 Å². The summed E-state index contributed by atoms with van der Waals surface area (Å²) < 4.78 is 24.8. The van der Waals surface area contributed by atoms with Crippen LogP contribution in [0.15, 0.2) is 0 Å². The normalized spacial score (nSPS) is 25.5. The summed E-state index contributed by atoms with van der Waals surface area (Å²) in [4.78, 5) is 10.2. The summed E-state index contributed by atoms with van der Waals surface area (Å²) in [5, 5.41) is 10.6. The molecule has 0 saturated heterocycles. The van der Waals surface area contributed by atoms with Crippen molar-refractivity contribution in [3.63, 3.8) is 0 Å². The molecule has 0 aromatic carbocycles. The highest BCUT2D eigenvalue weighted by Gasteiger charge is 2.56. The van der Waals surface area contributed by atoms with Gasteiger partial charge in [-0.1, -0.05) is 0 Å². The summed E-state index contributed by atoms with van der Waals surface area (Å²) in [5.41, 5.74) is 0.